The molecule has 1 saturated carbocycles. The van der Waals surface area contributed by atoms with E-state index < -0.39 is 5.54 Å². The van der Waals surface area contributed by atoms with Gasteiger partial charge in [-0.25, -0.2) is 0 Å². The van der Waals surface area contributed by atoms with Crippen LogP contribution in [0.4, 0.5) is 0 Å². The number of ether oxygens (including phenoxy) is 1. The molecule has 2 atom stereocenters. The van der Waals surface area contributed by atoms with Crippen molar-refractivity contribution < 1.29 is 4.74 Å². The highest BCUT2D eigenvalue weighted by molar-refractivity contribution is 5.15. The number of hydrogen-bond donors (Lipinski definition) is 1. The van der Waals surface area contributed by atoms with E-state index in [-0.39, 0.29) is 0 Å². The van der Waals surface area contributed by atoms with E-state index in [4.69, 9.17) is 4.74 Å². The summed E-state index contributed by atoms with van der Waals surface area (Å²) in [6, 6.07) is 2.48. The molecule has 0 saturated heterocycles. The smallest absolute Gasteiger partial charge is 0.133 e. The second kappa shape index (κ2) is 8.55. The molecule has 0 amide bonds. The first-order chi connectivity index (χ1) is 9.22. The van der Waals surface area contributed by atoms with Gasteiger partial charge in [0.25, 0.3) is 0 Å². The molecule has 0 aromatic rings. The maximum absolute atomic E-state index is 9.49. The summed E-state index contributed by atoms with van der Waals surface area (Å²) in [5.41, 5.74) is -0.433. The van der Waals surface area contributed by atoms with E-state index in [2.05, 4.69) is 32.2 Å². The van der Waals surface area contributed by atoms with E-state index in [1.165, 1.54) is 25.7 Å². The average molecular weight is 266 g/mol. The van der Waals surface area contributed by atoms with Crippen molar-refractivity contribution in [3.63, 3.8) is 0 Å². The number of hydrogen-bond acceptors (Lipinski definition) is 3. The van der Waals surface area contributed by atoms with Crippen LogP contribution in [0.5, 0.6) is 0 Å². The lowest BCUT2D eigenvalue weighted by Crippen LogP contribution is -2.50. The number of nitrogens with zero attached hydrogens (tertiary/aromatic N) is 1. The summed E-state index contributed by atoms with van der Waals surface area (Å²) in [5, 5.41) is 12.8. The first kappa shape index (κ1) is 16.5. The average Bonchev–Trinajstić information content (AvgIpc) is 3.26. The van der Waals surface area contributed by atoms with Crippen LogP contribution in [0, 0.1) is 23.2 Å². The van der Waals surface area contributed by atoms with Crippen LogP contribution in [0.1, 0.15) is 59.3 Å². The van der Waals surface area contributed by atoms with Crippen LogP contribution in [0.3, 0.4) is 0 Å². The lowest BCUT2D eigenvalue weighted by atomic mass is 9.95. The largest absolute Gasteiger partial charge is 0.378 e. The molecule has 3 nitrogen and oxygen atoms in total. The lowest BCUT2D eigenvalue weighted by Gasteiger charge is -2.28. The van der Waals surface area contributed by atoms with Gasteiger partial charge in [0.15, 0.2) is 0 Å². The van der Waals surface area contributed by atoms with Crippen LogP contribution in [-0.4, -0.2) is 25.3 Å². The zero-order valence-corrected chi connectivity index (χ0v) is 12.9. The third-order valence-corrected chi connectivity index (χ3v) is 4.19. The van der Waals surface area contributed by atoms with Crippen LogP contribution in [0.2, 0.25) is 0 Å². The van der Waals surface area contributed by atoms with Gasteiger partial charge in [-0.2, -0.15) is 5.26 Å². The van der Waals surface area contributed by atoms with Crippen molar-refractivity contribution in [1.82, 2.24) is 5.32 Å². The van der Waals surface area contributed by atoms with Gasteiger partial charge in [-0.05, 0) is 37.6 Å². The molecule has 0 bridgehead atoms. The van der Waals surface area contributed by atoms with E-state index in [0.717, 1.165) is 26.0 Å². The van der Waals surface area contributed by atoms with Crippen LogP contribution in [-0.2, 0) is 4.74 Å². The predicted octanol–water partition coefficient (Wildman–Crippen LogP) is 3.50. The summed E-state index contributed by atoms with van der Waals surface area (Å²) in [5.74, 6) is 1.14. The topological polar surface area (TPSA) is 45.0 Å². The minimum absolute atomic E-state index is 0.433. The van der Waals surface area contributed by atoms with Crippen LogP contribution in [0.25, 0.3) is 0 Å². The first-order valence-electron chi connectivity index (χ1n) is 7.96. The summed E-state index contributed by atoms with van der Waals surface area (Å²) in [4.78, 5) is 0. The molecule has 0 spiro atoms. The molecular formula is C16H30N2O. The molecule has 0 heterocycles. The maximum Gasteiger partial charge on any atom is 0.133 e. The molecule has 1 aliphatic rings. The lowest BCUT2D eigenvalue weighted by molar-refractivity contribution is 0.0536. The molecule has 2 unspecified atom stereocenters. The quantitative estimate of drug-likeness (QED) is 0.622. The second-order valence-electron chi connectivity index (χ2n) is 5.82. The third-order valence-electron chi connectivity index (χ3n) is 4.19. The van der Waals surface area contributed by atoms with Gasteiger partial charge < -0.3 is 4.74 Å². The molecule has 110 valence electrons. The van der Waals surface area contributed by atoms with Crippen LogP contribution < -0.4 is 5.32 Å². The standard InChI is InChI=1S/C16H30N2O/c1-4-7-8-14(5-2)11-19-13-16(12-17,18-6-3)15-9-10-15/h14-15,18H,4-11,13H2,1-3H3. The van der Waals surface area contributed by atoms with Gasteiger partial charge in [-0.15, -0.1) is 0 Å². The van der Waals surface area contributed by atoms with Crippen LogP contribution in [0.15, 0.2) is 0 Å². The Bertz CT molecular complexity index is 283. The first-order valence-corrected chi connectivity index (χ1v) is 7.96. The van der Waals surface area contributed by atoms with Gasteiger partial charge in [0, 0.05) is 6.61 Å². The van der Waals surface area contributed by atoms with E-state index >= 15 is 0 Å². The predicted molar refractivity (Wildman–Crippen MR) is 78.9 cm³/mol. The van der Waals surface area contributed by atoms with Crippen molar-refractivity contribution in [2.75, 3.05) is 19.8 Å². The number of rotatable bonds is 11. The Morgan fingerprint density at radius 3 is 2.58 bits per heavy atom. The van der Waals surface area contributed by atoms with E-state index in [9.17, 15) is 5.26 Å². The minimum atomic E-state index is -0.433. The maximum atomic E-state index is 9.49. The Hall–Kier alpha value is -0.590. The molecule has 3 heteroatoms. The monoisotopic (exact) mass is 266 g/mol. The van der Waals surface area contributed by atoms with Crippen molar-refractivity contribution in [1.29, 1.82) is 5.26 Å². The van der Waals surface area contributed by atoms with Crippen molar-refractivity contribution in [2.24, 2.45) is 11.8 Å². The van der Waals surface area contributed by atoms with E-state index in [1.54, 1.807) is 0 Å². The molecule has 1 fully saturated rings. The fraction of sp³-hybridized carbons (Fsp3) is 0.938. The number of nitriles is 1. The Morgan fingerprint density at radius 2 is 2.11 bits per heavy atom. The molecule has 0 aliphatic heterocycles. The fourth-order valence-corrected chi connectivity index (χ4v) is 2.65. The molecule has 0 aromatic heterocycles. The zero-order valence-electron chi connectivity index (χ0n) is 12.9. The van der Waals surface area contributed by atoms with Gasteiger partial charge in [-0.1, -0.05) is 40.0 Å². The Morgan fingerprint density at radius 1 is 1.37 bits per heavy atom. The van der Waals surface area contributed by atoms with E-state index in [1.807, 2.05) is 0 Å². The summed E-state index contributed by atoms with van der Waals surface area (Å²) in [6.07, 6.45) is 7.27. The Kier molecular flexibility index (Phi) is 7.41. The highest BCUT2D eigenvalue weighted by atomic mass is 16.5. The third kappa shape index (κ3) is 5.12. The van der Waals surface area contributed by atoms with E-state index in [0.29, 0.717) is 18.4 Å². The molecule has 1 aliphatic carbocycles. The van der Waals surface area contributed by atoms with Crippen molar-refractivity contribution in [3.8, 4) is 6.07 Å². The zero-order chi connectivity index (χ0) is 14.1. The Labute approximate surface area is 118 Å². The molecule has 1 rings (SSSR count). The van der Waals surface area contributed by atoms with Gasteiger partial charge in [-0.3, -0.25) is 5.32 Å². The normalized spacial score (nSPS) is 19.7. The van der Waals surface area contributed by atoms with Crippen molar-refractivity contribution in [2.45, 2.75) is 64.8 Å². The SMILES string of the molecule is CCCCC(CC)COCC(C#N)(NCC)C1CC1. The minimum Gasteiger partial charge on any atom is -0.378 e. The molecule has 1 N–H and O–H groups in total. The summed E-state index contributed by atoms with van der Waals surface area (Å²) in [6.45, 7) is 8.70. The van der Waals surface area contributed by atoms with Gasteiger partial charge in [0.1, 0.15) is 5.54 Å². The van der Waals surface area contributed by atoms with Gasteiger partial charge >= 0.3 is 0 Å². The summed E-state index contributed by atoms with van der Waals surface area (Å²) in [7, 11) is 0. The second-order valence-corrected chi connectivity index (χ2v) is 5.82. The number of nitrogens with one attached hydrogen (secondary N) is 1. The highest BCUT2D eigenvalue weighted by Crippen LogP contribution is 2.39. The fourth-order valence-electron chi connectivity index (χ4n) is 2.65. The molecular weight excluding hydrogens is 236 g/mol. The van der Waals surface area contributed by atoms with Gasteiger partial charge in [0.2, 0.25) is 0 Å². The number of unbranched alkanes of at least 4 members (excludes halogenated alkanes) is 1. The summed E-state index contributed by atoms with van der Waals surface area (Å²) >= 11 is 0. The summed E-state index contributed by atoms with van der Waals surface area (Å²) < 4.78 is 5.91. The molecule has 0 aromatic carbocycles. The van der Waals surface area contributed by atoms with Crippen molar-refractivity contribution >= 4 is 0 Å². The molecule has 19 heavy (non-hydrogen) atoms. The molecule has 0 radical (unpaired) electrons. The highest BCUT2D eigenvalue weighted by Gasteiger charge is 2.45. The number of likely N-dealkylation sites (N-methyl/N-ethyl adjacent to an activating group) is 1. The Balaban J connectivity index is 2.37. The van der Waals surface area contributed by atoms with Gasteiger partial charge in [0.05, 0.1) is 12.7 Å². The van der Waals surface area contributed by atoms with Crippen LogP contribution >= 0.6 is 0 Å². The van der Waals surface area contributed by atoms with Crippen molar-refractivity contribution in [3.05, 3.63) is 0 Å².